The smallest absolute Gasteiger partial charge is 0.354 e. The Hall–Kier alpha value is -2.60. The van der Waals surface area contributed by atoms with Gasteiger partial charge in [-0.1, -0.05) is 12.1 Å². The van der Waals surface area contributed by atoms with Gasteiger partial charge >= 0.3 is 5.97 Å². The number of carbonyl (C=O) groups is 1. The van der Waals surface area contributed by atoms with E-state index in [0.29, 0.717) is 22.6 Å². The fourth-order valence-electron chi connectivity index (χ4n) is 1.83. The number of carboxylic acids is 1. The summed E-state index contributed by atoms with van der Waals surface area (Å²) in [5.74, 6) is -0.158. The van der Waals surface area contributed by atoms with E-state index in [0.717, 1.165) is 0 Å². The van der Waals surface area contributed by atoms with Gasteiger partial charge in [0.05, 0.1) is 13.7 Å². The number of aromatic nitrogens is 1. The zero-order chi connectivity index (χ0) is 15.2. The Balaban J connectivity index is 2.19. The maximum Gasteiger partial charge on any atom is 0.354 e. The Labute approximate surface area is 121 Å². The molecule has 0 saturated carbocycles. The van der Waals surface area contributed by atoms with Crippen molar-refractivity contribution in [1.82, 2.24) is 4.98 Å². The van der Waals surface area contributed by atoms with Crippen molar-refractivity contribution in [3.63, 3.8) is 0 Å². The average molecular weight is 289 g/mol. The van der Waals surface area contributed by atoms with Crippen LogP contribution in [0.5, 0.6) is 11.5 Å². The molecule has 1 aromatic heterocycles. The molecule has 6 nitrogen and oxygen atoms in total. The first-order valence-electron chi connectivity index (χ1n) is 6.23. The van der Waals surface area contributed by atoms with E-state index in [-0.39, 0.29) is 18.9 Å². The maximum atomic E-state index is 11.1. The van der Waals surface area contributed by atoms with Crippen molar-refractivity contribution < 1.29 is 24.5 Å². The minimum Gasteiger partial charge on any atom is -0.493 e. The van der Waals surface area contributed by atoms with Crippen LogP contribution in [-0.2, 0) is 13.2 Å². The predicted octanol–water partition coefficient (Wildman–Crippen LogP) is 1.86. The SMILES string of the molecule is COc1cc(CO)ccc1OCc1cccnc1C(=O)O. The first-order chi connectivity index (χ1) is 10.2. The van der Waals surface area contributed by atoms with Gasteiger partial charge in [-0.05, 0) is 23.8 Å². The molecule has 1 aromatic carbocycles. The fourth-order valence-corrected chi connectivity index (χ4v) is 1.83. The minimum absolute atomic E-state index is 0.0385. The molecule has 21 heavy (non-hydrogen) atoms. The van der Waals surface area contributed by atoms with Crippen LogP contribution in [0.25, 0.3) is 0 Å². The number of ether oxygens (including phenoxy) is 2. The molecule has 2 N–H and O–H groups in total. The van der Waals surface area contributed by atoms with Crippen molar-refractivity contribution in [2.75, 3.05) is 7.11 Å². The van der Waals surface area contributed by atoms with E-state index in [1.165, 1.54) is 13.3 Å². The van der Waals surface area contributed by atoms with Crippen molar-refractivity contribution in [2.24, 2.45) is 0 Å². The lowest BCUT2D eigenvalue weighted by molar-refractivity contribution is 0.0687. The lowest BCUT2D eigenvalue weighted by atomic mass is 10.2. The van der Waals surface area contributed by atoms with Crippen LogP contribution in [0.15, 0.2) is 36.5 Å². The van der Waals surface area contributed by atoms with Crippen LogP contribution >= 0.6 is 0 Å². The van der Waals surface area contributed by atoms with Gasteiger partial charge < -0.3 is 19.7 Å². The predicted molar refractivity (Wildman–Crippen MR) is 74.4 cm³/mol. The zero-order valence-electron chi connectivity index (χ0n) is 11.4. The third-order valence-corrected chi connectivity index (χ3v) is 2.89. The number of benzene rings is 1. The summed E-state index contributed by atoms with van der Waals surface area (Å²) in [6.07, 6.45) is 1.42. The van der Waals surface area contributed by atoms with E-state index in [1.807, 2.05) is 0 Å². The molecule has 0 radical (unpaired) electrons. The average Bonchev–Trinajstić information content (AvgIpc) is 2.52. The molecule has 1 heterocycles. The van der Waals surface area contributed by atoms with E-state index < -0.39 is 5.97 Å². The number of carboxylic acid groups (broad SMARTS) is 1. The number of nitrogens with zero attached hydrogens (tertiary/aromatic N) is 1. The number of aromatic carboxylic acids is 1. The monoisotopic (exact) mass is 289 g/mol. The molecule has 0 spiro atoms. The van der Waals surface area contributed by atoms with Gasteiger partial charge in [0.25, 0.3) is 0 Å². The molecule has 0 fully saturated rings. The molecule has 2 aromatic rings. The van der Waals surface area contributed by atoms with Gasteiger partial charge in [-0.25, -0.2) is 9.78 Å². The molecule has 2 rings (SSSR count). The van der Waals surface area contributed by atoms with Crippen molar-refractivity contribution in [2.45, 2.75) is 13.2 Å². The maximum absolute atomic E-state index is 11.1. The van der Waals surface area contributed by atoms with Crippen molar-refractivity contribution in [1.29, 1.82) is 0 Å². The second-order valence-electron chi connectivity index (χ2n) is 4.25. The number of aliphatic hydroxyl groups excluding tert-OH is 1. The Morgan fingerprint density at radius 2 is 2.10 bits per heavy atom. The summed E-state index contributed by atoms with van der Waals surface area (Å²) in [5.41, 5.74) is 1.13. The largest absolute Gasteiger partial charge is 0.493 e. The highest BCUT2D eigenvalue weighted by molar-refractivity contribution is 5.86. The number of hydrogen-bond donors (Lipinski definition) is 2. The summed E-state index contributed by atoms with van der Waals surface area (Å²) in [5, 5.41) is 18.1. The van der Waals surface area contributed by atoms with Gasteiger partial charge in [0.2, 0.25) is 0 Å². The molecule has 0 aliphatic carbocycles. The van der Waals surface area contributed by atoms with Crippen LogP contribution in [0.1, 0.15) is 21.6 Å². The molecule has 0 atom stereocenters. The molecule has 0 amide bonds. The zero-order valence-corrected chi connectivity index (χ0v) is 11.4. The van der Waals surface area contributed by atoms with Crippen molar-refractivity contribution in [3.05, 3.63) is 53.3 Å². The Morgan fingerprint density at radius 1 is 1.29 bits per heavy atom. The van der Waals surface area contributed by atoms with Gasteiger partial charge in [-0.2, -0.15) is 0 Å². The van der Waals surface area contributed by atoms with E-state index in [2.05, 4.69) is 4.98 Å². The molecular weight excluding hydrogens is 274 g/mol. The van der Waals surface area contributed by atoms with Crippen LogP contribution in [0.4, 0.5) is 0 Å². The third-order valence-electron chi connectivity index (χ3n) is 2.89. The Morgan fingerprint density at radius 3 is 2.76 bits per heavy atom. The normalized spacial score (nSPS) is 10.2. The second kappa shape index (κ2) is 6.71. The van der Waals surface area contributed by atoms with Gasteiger partial charge in [-0.3, -0.25) is 0 Å². The molecule has 0 saturated heterocycles. The topological polar surface area (TPSA) is 88.9 Å². The number of rotatable bonds is 6. The van der Waals surface area contributed by atoms with Crippen molar-refractivity contribution in [3.8, 4) is 11.5 Å². The van der Waals surface area contributed by atoms with Gasteiger partial charge in [0.15, 0.2) is 17.2 Å². The molecular formula is C15H15NO5. The molecule has 0 aliphatic rings. The highest BCUT2D eigenvalue weighted by Crippen LogP contribution is 2.29. The highest BCUT2D eigenvalue weighted by Gasteiger charge is 2.12. The van der Waals surface area contributed by atoms with Crippen LogP contribution in [0.3, 0.4) is 0 Å². The summed E-state index contributed by atoms with van der Waals surface area (Å²) in [4.78, 5) is 14.9. The lowest BCUT2D eigenvalue weighted by Crippen LogP contribution is -2.08. The standard InChI is InChI=1S/C15H15NO5/c1-20-13-7-10(8-17)4-5-12(13)21-9-11-3-2-6-16-14(11)15(18)19/h2-7,17H,8-9H2,1H3,(H,18,19). The third kappa shape index (κ3) is 3.49. The van der Waals surface area contributed by atoms with Gasteiger partial charge in [-0.15, -0.1) is 0 Å². The molecule has 0 bridgehead atoms. The number of methoxy groups -OCH3 is 1. The second-order valence-corrected chi connectivity index (χ2v) is 4.25. The summed E-state index contributed by atoms with van der Waals surface area (Å²) in [7, 11) is 1.50. The van der Waals surface area contributed by atoms with E-state index in [4.69, 9.17) is 19.7 Å². The molecule has 110 valence electrons. The van der Waals surface area contributed by atoms with Crippen LogP contribution < -0.4 is 9.47 Å². The van der Waals surface area contributed by atoms with Crippen LogP contribution in [0.2, 0.25) is 0 Å². The summed E-state index contributed by atoms with van der Waals surface area (Å²) >= 11 is 0. The molecule has 0 aliphatic heterocycles. The molecule has 0 unspecified atom stereocenters. The summed E-state index contributed by atoms with van der Waals surface area (Å²) < 4.78 is 10.8. The highest BCUT2D eigenvalue weighted by atomic mass is 16.5. The lowest BCUT2D eigenvalue weighted by Gasteiger charge is -2.12. The van der Waals surface area contributed by atoms with Crippen molar-refractivity contribution >= 4 is 5.97 Å². The number of aliphatic hydroxyl groups is 1. The van der Waals surface area contributed by atoms with E-state index >= 15 is 0 Å². The van der Waals surface area contributed by atoms with E-state index in [1.54, 1.807) is 30.3 Å². The van der Waals surface area contributed by atoms with Gasteiger partial charge in [0.1, 0.15) is 6.61 Å². The minimum atomic E-state index is -1.10. The number of hydrogen-bond acceptors (Lipinski definition) is 5. The van der Waals surface area contributed by atoms with E-state index in [9.17, 15) is 4.79 Å². The first-order valence-corrected chi connectivity index (χ1v) is 6.23. The summed E-state index contributed by atoms with van der Waals surface area (Å²) in [6.45, 7) is -0.0350. The quantitative estimate of drug-likeness (QED) is 0.843. The fraction of sp³-hybridized carbons (Fsp3) is 0.200. The summed E-state index contributed by atoms with van der Waals surface area (Å²) in [6, 6.07) is 8.33. The Kier molecular flexibility index (Phi) is 4.73. The first kappa shape index (κ1) is 14.8. The van der Waals surface area contributed by atoms with Gasteiger partial charge in [0, 0.05) is 11.8 Å². The van der Waals surface area contributed by atoms with Crippen LogP contribution in [-0.4, -0.2) is 28.3 Å². The molecule has 6 heteroatoms. The Bertz CT molecular complexity index is 642. The van der Waals surface area contributed by atoms with Crippen LogP contribution in [0, 0.1) is 0 Å². The number of pyridine rings is 1.